The molecule has 0 radical (unpaired) electrons. The zero-order valence-corrected chi connectivity index (χ0v) is 7.81. The molecule has 0 bridgehead atoms. The number of hydrogen-bond acceptors (Lipinski definition) is 1. The van der Waals surface area contributed by atoms with Gasteiger partial charge in [0.25, 0.3) is 6.43 Å². The van der Waals surface area contributed by atoms with E-state index in [-0.39, 0.29) is 12.4 Å². The lowest BCUT2D eigenvalue weighted by molar-refractivity contribution is 0.105. The lowest BCUT2D eigenvalue weighted by atomic mass is 10.2. The van der Waals surface area contributed by atoms with E-state index in [4.69, 9.17) is 0 Å². The third-order valence-corrected chi connectivity index (χ3v) is 1.95. The van der Waals surface area contributed by atoms with E-state index < -0.39 is 12.5 Å². The third kappa shape index (κ3) is 3.03. The van der Waals surface area contributed by atoms with E-state index in [1.807, 2.05) is 0 Å². The largest absolute Gasteiger partial charge is 0.305 e. The molecule has 0 saturated carbocycles. The normalized spacial score (nSPS) is 13.2. The fourth-order valence-corrected chi connectivity index (χ4v) is 1.00. The topological polar surface area (TPSA) is 12.0 Å². The Hall–Kier alpha value is -1.03. The molecule has 1 aromatic carbocycles. The second-order valence-corrected chi connectivity index (χ2v) is 3.10. The summed E-state index contributed by atoms with van der Waals surface area (Å²) in [7, 11) is 0. The minimum absolute atomic E-state index is 0.123. The second-order valence-electron chi connectivity index (χ2n) is 3.10. The third-order valence-electron chi connectivity index (χ3n) is 1.95. The molecule has 0 aliphatic rings. The first-order valence-electron chi connectivity index (χ1n) is 4.36. The summed E-state index contributed by atoms with van der Waals surface area (Å²) in [5.41, 5.74) is 0.403. The van der Waals surface area contributed by atoms with Crippen molar-refractivity contribution in [2.75, 3.05) is 0 Å². The Morgan fingerprint density at radius 3 is 2.50 bits per heavy atom. The number of rotatable bonds is 4. The molecule has 1 N–H and O–H groups in total. The van der Waals surface area contributed by atoms with Crippen LogP contribution in [0.15, 0.2) is 24.3 Å². The van der Waals surface area contributed by atoms with Crippen molar-refractivity contribution in [1.82, 2.24) is 5.32 Å². The van der Waals surface area contributed by atoms with E-state index in [0.717, 1.165) is 0 Å². The molecule has 1 rings (SSSR count). The van der Waals surface area contributed by atoms with Gasteiger partial charge >= 0.3 is 0 Å². The average Bonchev–Trinajstić information content (AvgIpc) is 2.16. The zero-order valence-electron chi connectivity index (χ0n) is 7.81. The lowest BCUT2D eigenvalue weighted by Gasteiger charge is -2.12. The molecule has 0 spiro atoms. The minimum Gasteiger partial charge on any atom is -0.305 e. The Morgan fingerprint density at radius 1 is 1.29 bits per heavy atom. The fourth-order valence-electron chi connectivity index (χ4n) is 1.00. The van der Waals surface area contributed by atoms with Crippen LogP contribution in [0.4, 0.5) is 13.2 Å². The molecule has 0 heterocycles. The van der Waals surface area contributed by atoms with Gasteiger partial charge in [0.1, 0.15) is 5.82 Å². The minimum atomic E-state index is -2.43. The first-order valence-corrected chi connectivity index (χ1v) is 4.36. The van der Waals surface area contributed by atoms with Gasteiger partial charge in [-0.2, -0.15) is 0 Å². The average molecular weight is 203 g/mol. The van der Waals surface area contributed by atoms with Crippen LogP contribution in [0.1, 0.15) is 12.5 Å². The highest BCUT2D eigenvalue weighted by Gasteiger charge is 2.13. The van der Waals surface area contributed by atoms with Crippen LogP contribution < -0.4 is 5.32 Å². The van der Waals surface area contributed by atoms with Gasteiger partial charge < -0.3 is 5.32 Å². The molecule has 0 saturated heterocycles. The number of nitrogens with one attached hydrogen (secondary N) is 1. The second kappa shape index (κ2) is 5.00. The van der Waals surface area contributed by atoms with E-state index >= 15 is 0 Å². The standard InChI is InChI=1S/C10H12F3N/c1-7(10(12)13)14-6-8-4-2-3-5-9(8)11/h2-5,7,10,14H,6H2,1H3. The summed E-state index contributed by atoms with van der Waals surface area (Å²) < 4.78 is 37.2. The summed E-state index contributed by atoms with van der Waals surface area (Å²) in [5, 5.41) is 2.55. The van der Waals surface area contributed by atoms with Crippen LogP contribution >= 0.6 is 0 Å². The maximum absolute atomic E-state index is 13.0. The molecule has 0 amide bonds. The molecule has 0 aliphatic heterocycles. The van der Waals surface area contributed by atoms with Gasteiger partial charge in [-0.05, 0) is 13.0 Å². The Morgan fingerprint density at radius 2 is 1.93 bits per heavy atom. The van der Waals surface area contributed by atoms with Gasteiger partial charge in [-0.3, -0.25) is 0 Å². The van der Waals surface area contributed by atoms with Crippen molar-refractivity contribution in [2.24, 2.45) is 0 Å². The van der Waals surface area contributed by atoms with E-state index in [1.54, 1.807) is 18.2 Å². The van der Waals surface area contributed by atoms with Crippen molar-refractivity contribution in [3.8, 4) is 0 Å². The highest BCUT2D eigenvalue weighted by atomic mass is 19.3. The summed E-state index contributed by atoms with van der Waals surface area (Å²) in [6.45, 7) is 1.49. The highest BCUT2D eigenvalue weighted by Crippen LogP contribution is 2.07. The van der Waals surface area contributed by atoms with Crippen LogP contribution in [0, 0.1) is 5.82 Å². The molecule has 78 valence electrons. The maximum atomic E-state index is 13.0. The van der Waals surface area contributed by atoms with Gasteiger partial charge in [0.15, 0.2) is 0 Å². The van der Waals surface area contributed by atoms with Crippen LogP contribution in [0.3, 0.4) is 0 Å². The summed E-state index contributed by atoms with van der Waals surface area (Å²) in [6, 6.07) is 5.20. The van der Waals surface area contributed by atoms with Crippen LogP contribution in [0.25, 0.3) is 0 Å². The zero-order chi connectivity index (χ0) is 10.6. The Kier molecular flexibility index (Phi) is 3.95. The predicted octanol–water partition coefficient (Wildman–Crippen LogP) is 2.57. The van der Waals surface area contributed by atoms with Crippen molar-refractivity contribution in [2.45, 2.75) is 25.9 Å². The van der Waals surface area contributed by atoms with Crippen LogP contribution in [-0.2, 0) is 6.54 Å². The van der Waals surface area contributed by atoms with E-state index in [0.29, 0.717) is 5.56 Å². The SMILES string of the molecule is CC(NCc1ccccc1F)C(F)F. The van der Waals surface area contributed by atoms with Gasteiger partial charge in [-0.15, -0.1) is 0 Å². The van der Waals surface area contributed by atoms with Crippen LogP contribution in [-0.4, -0.2) is 12.5 Å². The monoisotopic (exact) mass is 203 g/mol. The Labute approximate surface area is 80.9 Å². The van der Waals surface area contributed by atoms with Crippen molar-refractivity contribution in [1.29, 1.82) is 0 Å². The first kappa shape index (κ1) is 11.0. The molecule has 1 atom stereocenters. The summed E-state index contributed by atoms with van der Waals surface area (Å²) >= 11 is 0. The number of alkyl halides is 2. The first-order chi connectivity index (χ1) is 6.61. The fraction of sp³-hybridized carbons (Fsp3) is 0.400. The van der Waals surface area contributed by atoms with E-state index in [1.165, 1.54) is 13.0 Å². The van der Waals surface area contributed by atoms with Crippen molar-refractivity contribution in [3.05, 3.63) is 35.6 Å². The highest BCUT2D eigenvalue weighted by molar-refractivity contribution is 5.16. The molecular formula is C10H12F3N. The summed E-state index contributed by atoms with van der Waals surface area (Å²) in [5.74, 6) is -0.374. The molecule has 0 fully saturated rings. The number of hydrogen-bond donors (Lipinski definition) is 1. The lowest BCUT2D eigenvalue weighted by Crippen LogP contribution is -2.32. The van der Waals surface area contributed by atoms with Crippen LogP contribution in [0.2, 0.25) is 0 Å². The number of halogens is 3. The molecule has 1 nitrogen and oxygen atoms in total. The molecule has 1 aromatic rings. The molecular weight excluding hydrogens is 191 g/mol. The van der Waals surface area contributed by atoms with Crippen molar-refractivity contribution < 1.29 is 13.2 Å². The van der Waals surface area contributed by atoms with Gasteiger partial charge in [-0.25, -0.2) is 13.2 Å². The molecule has 4 heteroatoms. The smallest absolute Gasteiger partial charge is 0.253 e. The molecule has 0 aromatic heterocycles. The molecule has 14 heavy (non-hydrogen) atoms. The van der Waals surface area contributed by atoms with Gasteiger partial charge in [0, 0.05) is 12.1 Å². The van der Waals surface area contributed by atoms with Crippen molar-refractivity contribution in [3.63, 3.8) is 0 Å². The number of benzene rings is 1. The Balaban J connectivity index is 2.50. The van der Waals surface area contributed by atoms with Gasteiger partial charge in [-0.1, -0.05) is 18.2 Å². The molecule has 1 unspecified atom stereocenters. The molecule has 0 aliphatic carbocycles. The quantitative estimate of drug-likeness (QED) is 0.793. The van der Waals surface area contributed by atoms with E-state index in [9.17, 15) is 13.2 Å². The van der Waals surface area contributed by atoms with E-state index in [2.05, 4.69) is 5.32 Å². The predicted molar refractivity (Wildman–Crippen MR) is 48.7 cm³/mol. The summed E-state index contributed by atoms with van der Waals surface area (Å²) in [6.07, 6.45) is -2.43. The van der Waals surface area contributed by atoms with Gasteiger partial charge in [0.2, 0.25) is 0 Å². The maximum Gasteiger partial charge on any atom is 0.253 e. The Bertz CT molecular complexity index is 288. The van der Waals surface area contributed by atoms with Crippen LogP contribution in [0.5, 0.6) is 0 Å². The van der Waals surface area contributed by atoms with Crippen molar-refractivity contribution >= 4 is 0 Å². The summed E-state index contributed by atoms with van der Waals surface area (Å²) in [4.78, 5) is 0. The van der Waals surface area contributed by atoms with Gasteiger partial charge in [0.05, 0.1) is 6.04 Å².